The number of carbonyl (C=O) groups is 1. The summed E-state index contributed by atoms with van der Waals surface area (Å²) < 4.78 is 0. The average Bonchev–Trinajstić information content (AvgIpc) is 2.60. The van der Waals surface area contributed by atoms with Crippen LogP contribution in [0.2, 0.25) is 0 Å². The highest BCUT2D eigenvalue weighted by Crippen LogP contribution is 2.18. The van der Waals surface area contributed by atoms with Crippen molar-refractivity contribution >= 4 is 22.8 Å². The molecule has 1 saturated heterocycles. The first-order valence-corrected chi connectivity index (χ1v) is 6.30. The second-order valence-corrected chi connectivity index (χ2v) is 5.07. The minimum Gasteiger partial charge on any atom is -0.370 e. The Morgan fingerprint density at radius 2 is 2.47 bits per heavy atom. The Labute approximate surface area is 95.1 Å². The standard InChI is InChI=1S/C10H19N3OS/c1-7(2)8-6-15-10(13-8)12-5-3-4-9(11)14/h7-8H,3-6H2,1-2H3,(H2,11,14)(H,12,13). The molecule has 0 aliphatic carbocycles. The van der Waals surface area contributed by atoms with E-state index >= 15 is 0 Å². The van der Waals surface area contributed by atoms with E-state index in [9.17, 15) is 4.79 Å². The van der Waals surface area contributed by atoms with Crippen LogP contribution in [0.25, 0.3) is 0 Å². The number of amides is 1. The first-order valence-electron chi connectivity index (χ1n) is 5.31. The lowest BCUT2D eigenvalue weighted by atomic mass is 10.1. The third-order valence-corrected chi connectivity index (χ3v) is 3.40. The molecule has 0 aromatic carbocycles. The van der Waals surface area contributed by atoms with Crippen molar-refractivity contribution in [1.82, 2.24) is 5.32 Å². The molecule has 1 atom stereocenters. The molecule has 0 spiro atoms. The molecule has 1 heterocycles. The fraction of sp³-hybridized carbons (Fsp3) is 0.800. The van der Waals surface area contributed by atoms with Crippen LogP contribution in [0.15, 0.2) is 4.99 Å². The summed E-state index contributed by atoms with van der Waals surface area (Å²) in [5, 5.41) is 4.39. The van der Waals surface area contributed by atoms with Gasteiger partial charge in [-0.1, -0.05) is 25.6 Å². The SMILES string of the molecule is CC(C)C1CSC(=NCCCC(N)=O)N1. The van der Waals surface area contributed by atoms with E-state index in [0.29, 0.717) is 24.9 Å². The first-order chi connectivity index (χ1) is 7.09. The van der Waals surface area contributed by atoms with Crippen LogP contribution in [0.1, 0.15) is 26.7 Å². The summed E-state index contributed by atoms with van der Waals surface area (Å²) >= 11 is 1.76. The molecule has 4 nitrogen and oxygen atoms in total. The van der Waals surface area contributed by atoms with Crippen molar-refractivity contribution in [3.63, 3.8) is 0 Å². The molecule has 1 unspecified atom stereocenters. The zero-order chi connectivity index (χ0) is 11.3. The largest absolute Gasteiger partial charge is 0.370 e. The minimum absolute atomic E-state index is 0.248. The maximum absolute atomic E-state index is 10.5. The van der Waals surface area contributed by atoms with E-state index in [1.807, 2.05) is 0 Å². The van der Waals surface area contributed by atoms with E-state index in [4.69, 9.17) is 5.73 Å². The van der Waals surface area contributed by atoms with Crippen molar-refractivity contribution in [3.05, 3.63) is 0 Å². The van der Waals surface area contributed by atoms with Crippen LogP contribution >= 0.6 is 11.8 Å². The molecule has 15 heavy (non-hydrogen) atoms. The summed E-state index contributed by atoms with van der Waals surface area (Å²) in [6.07, 6.45) is 1.17. The van der Waals surface area contributed by atoms with Gasteiger partial charge in [-0.3, -0.25) is 9.79 Å². The fourth-order valence-electron chi connectivity index (χ4n) is 1.29. The molecule has 1 rings (SSSR count). The van der Waals surface area contributed by atoms with E-state index in [2.05, 4.69) is 24.2 Å². The summed E-state index contributed by atoms with van der Waals surface area (Å²) in [7, 11) is 0. The predicted molar refractivity (Wildman–Crippen MR) is 65.0 cm³/mol. The number of rotatable bonds is 5. The van der Waals surface area contributed by atoms with Crippen molar-refractivity contribution in [2.75, 3.05) is 12.3 Å². The van der Waals surface area contributed by atoms with Crippen molar-refractivity contribution in [2.24, 2.45) is 16.6 Å². The van der Waals surface area contributed by atoms with E-state index in [1.54, 1.807) is 11.8 Å². The highest BCUT2D eigenvalue weighted by Gasteiger charge is 2.22. The van der Waals surface area contributed by atoms with Crippen LogP contribution in [0, 0.1) is 5.92 Å². The van der Waals surface area contributed by atoms with Crippen LogP contribution in [-0.4, -0.2) is 29.4 Å². The maximum Gasteiger partial charge on any atom is 0.217 e. The number of hydrogen-bond acceptors (Lipinski definition) is 3. The third kappa shape index (κ3) is 4.55. The third-order valence-electron chi connectivity index (χ3n) is 2.35. The lowest BCUT2D eigenvalue weighted by molar-refractivity contribution is -0.118. The maximum atomic E-state index is 10.5. The summed E-state index contributed by atoms with van der Waals surface area (Å²) in [5.74, 6) is 1.48. The number of hydrogen-bond donors (Lipinski definition) is 2. The van der Waals surface area contributed by atoms with Crippen molar-refractivity contribution in [3.8, 4) is 0 Å². The Balaban J connectivity index is 2.22. The fourth-order valence-corrected chi connectivity index (χ4v) is 2.52. The number of nitrogens with two attached hydrogens (primary N) is 1. The van der Waals surface area contributed by atoms with Gasteiger partial charge in [-0.25, -0.2) is 0 Å². The molecular weight excluding hydrogens is 210 g/mol. The summed E-state index contributed by atoms with van der Waals surface area (Å²) in [5.41, 5.74) is 5.04. The smallest absolute Gasteiger partial charge is 0.217 e. The molecule has 86 valence electrons. The minimum atomic E-state index is -0.248. The van der Waals surface area contributed by atoms with Gasteiger partial charge < -0.3 is 11.1 Å². The molecule has 3 N–H and O–H groups in total. The van der Waals surface area contributed by atoms with Gasteiger partial charge >= 0.3 is 0 Å². The van der Waals surface area contributed by atoms with Gasteiger partial charge in [-0.15, -0.1) is 0 Å². The number of amidine groups is 1. The second-order valence-electron chi connectivity index (χ2n) is 4.06. The Morgan fingerprint density at radius 1 is 1.73 bits per heavy atom. The van der Waals surface area contributed by atoms with Gasteiger partial charge in [0.25, 0.3) is 0 Å². The topological polar surface area (TPSA) is 67.5 Å². The van der Waals surface area contributed by atoms with E-state index in [1.165, 1.54) is 0 Å². The zero-order valence-corrected chi connectivity index (χ0v) is 10.1. The van der Waals surface area contributed by atoms with Gasteiger partial charge in [0.1, 0.15) is 0 Å². The molecule has 0 aromatic rings. The molecule has 1 amide bonds. The van der Waals surface area contributed by atoms with E-state index < -0.39 is 0 Å². The van der Waals surface area contributed by atoms with Crippen LogP contribution in [0.3, 0.4) is 0 Å². The van der Waals surface area contributed by atoms with Gasteiger partial charge in [0, 0.05) is 24.8 Å². The molecule has 0 radical (unpaired) electrons. The number of carbonyl (C=O) groups excluding carboxylic acids is 1. The summed E-state index contributed by atoms with van der Waals surface area (Å²) in [6.45, 7) is 5.09. The Kier molecular flexibility index (Phi) is 4.94. The van der Waals surface area contributed by atoms with Crippen LogP contribution in [0.5, 0.6) is 0 Å². The molecule has 0 bridgehead atoms. The number of thioether (sulfide) groups is 1. The number of primary amides is 1. The van der Waals surface area contributed by atoms with Crippen molar-refractivity contribution < 1.29 is 4.79 Å². The average molecular weight is 229 g/mol. The highest BCUT2D eigenvalue weighted by molar-refractivity contribution is 8.14. The zero-order valence-electron chi connectivity index (χ0n) is 9.32. The van der Waals surface area contributed by atoms with E-state index in [0.717, 1.165) is 17.3 Å². The second kappa shape index (κ2) is 6.00. The lowest BCUT2D eigenvalue weighted by Gasteiger charge is -2.12. The Morgan fingerprint density at radius 3 is 3.00 bits per heavy atom. The Bertz CT molecular complexity index is 253. The molecular formula is C10H19N3OS. The summed E-state index contributed by atoms with van der Waals surface area (Å²) in [6, 6.07) is 0.532. The number of nitrogens with zero attached hydrogens (tertiary/aromatic N) is 1. The van der Waals surface area contributed by atoms with Gasteiger partial charge in [0.05, 0.1) is 0 Å². The van der Waals surface area contributed by atoms with Crippen LogP contribution in [0.4, 0.5) is 0 Å². The first kappa shape index (κ1) is 12.4. The molecule has 0 saturated carbocycles. The van der Waals surface area contributed by atoms with Gasteiger partial charge in [-0.05, 0) is 12.3 Å². The monoisotopic (exact) mass is 229 g/mol. The predicted octanol–water partition coefficient (Wildman–Crippen LogP) is 0.969. The Hall–Kier alpha value is -0.710. The lowest BCUT2D eigenvalue weighted by Crippen LogP contribution is -2.31. The summed E-state index contributed by atoms with van der Waals surface area (Å²) in [4.78, 5) is 14.9. The number of nitrogens with one attached hydrogen (secondary N) is 1. The molecule has 1 aliphatic heterocycles. The van der Waals surface area contributed by atoms with Gasteiger partial charge in [0.15, 0.2) is 5.17 Å². The quantitative estimate of drug-likeness (QED) is 0.690. The van der Waals surface area contributed by atoms with Crippen molar-refractivity contribution in [2.45, 2.75) is 32.7 Å². The molecule has 5 heteroatoms. The van der Waals surface area contributed by atoms with Gasteiger partial charge in [-0.2, -0.15) is 0 Å². The van der Waals surface area contributed by atoms with E-state index in [-0.39, 0.29) is 5.91 Å². The van der Waals surface area contributed by atoms with Crippen LogP contribution in [-0.2, 0) is 4.79 Å². The highest BCUT2D eigenvalue weighted by atomic mass is 32.2. The van der Waals surface area contributed by atoms with Crippen molar-refractivity contribution in [1.29, 1.82) is 0 Å². The molecule has 1 aliphatic rings. The van der Waals surface area contributed by atoms with Crippen LogP contribution < -0.4 is 11.1 Å². The molecule has 1 fully saturated rings. The van der Waals surface area contributed by atoms with Gasteiger partial charge in [0.2, 0.25) is 5.91 Å². The normalized spacial score (nSPS) is 23.4. The number of aliphatic imine (C=N–C) groups is 1. The molecule has 0 aromatic heterocycles.